The SMILES string of the molecule is CC12CCN(C(=O)CCC(=O)O)C(C)(C)C1CCC1(C)C2CCC2[C@H]3CCCC3(CO)CC[C@]21C. The molecule has 0 aromatic heterocycles. The van der Waals surface area contributed by atoms with Gasteiger partial charge in [-0.3, -0.25) is 9.59 Å². The first-order valence-corrected chi connectivity index (χ1v) is 14.5. The van der Waals surface area contributed by atoms with Crippen molar-refractivity contribution in [3.05, 3.63) is 0 Å². The highest BCUT2D eigenvalue weighted by Gasteiger charge is 2.69. The number of carboxylic acid groups (broad SMARTS) is 1. The fourth-order valence-corrected chi connectivity index (χ4v) is 11.5. The van der Waals surface area contributed by atoms with Gasteiger partial charge in [-0.05, 0) is 117 Å². The largest absolute Gasteiger partial charge is 0.481 e. The quantitative estimate of drug-likeness (QED) is 0.518. The highest BCUT2D eigenvalue weighted by molar-refractivity contribution is 5.81. The van der Waals surface area contributed by atoms with Crippen LogP contribution >= 0.6 is 0 Å². The van der Waals surface area contributed by atoms with E-state index >= 15 is 0 Å². The Hall–Kier alpha value is -1.10. The first kappa shape index (κ1) is 25.5. The third kappa shape index (κ3) is 3.35. The number of carbonyl (C=O) groups is 2. The lowest BCUT2D eigenvalue weighted by Gasteiger charge is -2.73. The molecule has 35 heavy (non-hydrogen) atoms. The lowest BCUT2D eigenvalue weighted by Crippen LogP contribution is -2.70. The summed E-state index contributed by atoms with van der Waals surface area (Å²) < 4.78 is 0. The number of carboxylic acids is 1. The van der Waals surface area contributed by atoms with E-state index in [1.807, 2.05) is 4.90 Å². The van der Waals surface area contributed by atoms with Gasteiger partial charge in [0.25, 0.3) is 0 Å². The number of nitrogens with zero attached hydrogens (tertiary/aromatic N) is 1. The predicted octanol–water partition coefficient (Wildman–Crippen LogP) is 5.89. The molecule has 4 saturated carbocycles. The number of hydrogen-bond donors (Lipinski definition) is 2. The van der Waals surface area contributed by atoms with Crippen LogP contribution in [0.4, 0.5) is 0 Å². The Kier molecular flexibility index (Phi) is 5.98. The lowest BCUT2D eigenvalue weighted by molar-refractivity contribution is -0.241. The fourth-order valence-electron chi connectivity index (χ4n) is 11.5. The summed E-state index contributed by atoms with van der Waals surface area (Å²) in [7, 11) is 0. The third-order valence-corrected chi connectivity index (χ3v) is 13.4. The number of aliphatic carboxylic acids is 1. The van der Waals surface area contributed by atoms with Crippen molar-refractivity contribution >= 4 is 11.9 Å². The number of rotatable bonds is 4. The summed E-state index contributed by atoms with van der Waals surface area (Å²) in [6, 6.07) is 0. The Morgan fingerprint density at radius 1 is 0.800 bits per heavy atom. The number of hydrogen-bond acceptors (Lipinski definition) is 3. The molecule has 1 aliphatic heterocycles. The third-order valence-electron chi connectivity index (χ3n) is 13.4. The van der Waals surface area contributed by atoms with E-state index in [1.54, 1.807) is 0 Å². The lowest BCUT2D eigenvalue weighted by atomic mass is 9.33. The van der Waals surface area contributed by atoms with E-state index in [9.17, 15) is 14.7 Å². The van der Waals surface area contributed by atoms with Crippen LogP contribution in [0.1, 0.15) is 112 Å². The van der Waals surface area contributed by atoms with Crippen molar-refractivity contribution < 1.29 is 19.8 Å². The molecule has 0 aromatic carbocycles. The summed E-state index contributed by atoms with van der Waals surface area (Å²) in [6.45, 7) is 13.4. The molecule has 1 amide bonds. The minimum atomic E-state index is -0.892. The molecule has 0 aromatic rings. The Morgan fingerprint density at radius 3 is 2.23 bits per heavy atom. The number of amides is 1. The maximum atomic E-state index is 13.1. The molecule has 0 bridgehead atoms. The summed E-state index contributed by atoms with van der Waals surface area (Å²) >= 11 is 0. The van der Waals surface area contributed by atoms with E-state index in [1.165, 1.54) is 51.4 Å². The maximum Gasteiger partial charge on any atom is 0.303 e. The molecule has 4 aliphatic carbocycles. The molecular formula is C30H49NO4. The van der Waals surface area contributed by atoms with Crippen LogP contribution in [0.15, 0.2) is 0 Å². The van der Waals surface area contributed by atoms with Gasteiger partial charge in [0.2, 0.25) is 5.91 Å². The van der Waals surface area contributed by atoms with Crippen molar-refractivity contribution in [2.45, 2.75) is 117 Å². The van der Waals surface area contributed by atoms with Crippen molar-refractivity contribution in [2.24, 2.45) is 45.3 Å². The van der Waals surface area contributed by atoms with Gasteiger partial charge in [0.05, 0.1) is 6.42 Å². The number of aliphatic hydroxyl groups excluding tert-OH is 1. The van der Waals surface area contributed by atoms with E-state index in [2.05, 4.69) is 34.6 Å². The van der Waals surface area contributed by atoms with Gasteiger partial charge in [0, 0.05) is 25.1 Å². The van der Waals surface area contributed by atoms with E-state index < -0.39 is 5.97 Å². The van der Waals surface area contributed by atoms with Gasteiger partial charge in [-0.2, -0.15) is 0 Å². The second-order valence-corrected chi connectivity index (χ2v) is 14.5. The number of piperidine rings is 1. The van der Waals surface area contributed by atoms with Crippen molar-refractivity contribution in [1.82, 2.24) is 4.90 Å². The summed E-state index contributed by atoms with van der Waals surface area (Å²) in [5.41, 5.74) is 0.784. The van der Waals surface area contributed by atoms with Crippen LogP contribution in [0, 0.1) is 45.3 Å². The van der Waals surface area contributed by atoms with Gasteiger partial charge < -0.3 is 15.1 Å². The molecule has 5 fully saturated rings. The molecule has 1 heterocycles. The number of carbonyl (C=O) groups excluding carboxylic acids is 1. The van der Waals surface area contributed by atoms with Gasteiger partial charge >= 0.3 is 5.97 Å². The van der Waals surface area contributed by atoms with E-state index in [-0.39, 0.29) is 35.1 Å². The molecule has 5 aliphatic rings. The van der Waals surface area contributed by atoms with Crippen LogP contribution in [0.5, 0.6) is 0 Å². The molecule has 0 radical (unpaired) electrons. The Morgan fingerprint density at radius 2 is 1.54 bits per heavy atom. The van der Waals surface area contributed by atoms with Gasteiger partial charge in [0.1, 0.15) is 0 Å². The van der Waals surface area contributed by atoms with Crippen LogP contribution in [-0.4, -0.2) is 45.7 Å². The number of likely N-dealkylation sites (tertiary alicyclic amines) is 1. The van der Waals surface area contributed by atoms with Gasteiger partial charge in [-0.1, -0.05) is 27.2 Å². The minimum Gasteiger partial charge on any atom is -0.481 e. The zero-order valence-corrected chi connectivity index (χ0v) is 22.9. The molecule has 5 nitrogen and oxygen atoms in total. The molecule has 6 unspecified atom stereocenters. The van der Waals surface area contributed by atoms with Crippen molar-refractivity contribution in [3.63, 3.8) is 0 Å². The highest BCUT2D eigenvalue weighted by atomic mass is 16.4. The molecule has 1 saturated heterocycles. The van der Waals surface area contributed by atoms with Crippen LogP contribution in [-0.2, 0) is 9.59 Å². The molecule has 5 rings (SSSR count). The molecule has 5 heteroatoms. The normalized spacial score (nSPS) is 48.3. The van der Waals surface area contributed by atoms with E-state index in [0.29, 0.717) is 35.2 Å². The molecule has 198 valence electrons. The average Bonchev–Trinajstić information content (AvgIpc) is 3.22. The smallest absolute Gasteiger partial charge is 0.303 e. The molecule has 2 N–H and O–H groups in total. The number of fused-ring (bicyclic) bond motifs is 7. The Balaban J connectivity index is 1.43. The molecule has 0 spiro atoms. The fraction of sp³-hybridized carbons (Fsp3) is 0.933. The zero-order chi connectivity index (χ0) is 25.4. The zero-order valence-electron chi connectivity index (χ0n) is 22.9. The van der Waals surface area contributed by atoms with Crippen molar-refractivity contribution in [3.8, 4) is 0 Å². The van der Waals surface area contributed by atoms with Gasteiger partial charge in [-0.15, -0.1) is 0 Å². The van der Waals surface area contributed by atoms with Gasteiger partial charge in [-0.25, -0.2) is 0 Å². The van der Waals surface area contributed by atoms with Crippen molar-refractivity contribution in [2.75, 3.05) is 13.2 Å². The number of aliphatic hydroxyl groups is 1. The first-order chi connectivity index (χ1) is 16.4. The standard InChI is InChI=1S/C30H49NO4/c1-26(2)22-12-14-29(5)23(27(22,3)17-18-31(26)24(33)10-11-25(34)35)9-8-20-21-7-6-13-30(21,19-32)16-15-28(20,29)4/h20-23,32H,6-19H2,1-5H3,(H,34,35)/t20?,21-,22?,23?,27?,28-,29?,30?/m1/s1. The summed E-state index contributed by atoms with van der Waals surface area (Å²) in [6.07, 6.45) is 12.3. The van der Waals surface area contributed by atoms with E-state index in [4.69, 9.17) is 5.11 Å². The summed E-state index contributed by atoms with van der Waals surface area (Å²) in [4.78, 5) is 26.2. The Labute approximate surface area is 212 Å². The summed E-state index contributed by atoms with van der Waals surface area (Å²) in [5.74, 6) is 1.65. The van der Waals surface area contributed by atoms with Crippen LogP contribution < -0.4 is 0 Å². The average molecular weight is 488 g/mol. The van der Waals surface area contributed by atoms with Crippen LogP contribution in [0.3, 0.4) is 0 Å². The highest BCUT2D eigenvalue weighted by Crippen LogP contribution is 2.76. The van der Waals surface area contributed by atoms with E-state index in [0.717, 1.165) is 25.3 Å². The predicted molar refractivity (Wildman–Crippen MR) is 137 cm³/mol. The monoisotopic (exact) mass is 487 g/mol. The Bertz CT molecular complexity index is 886. The minimum absolute atomic E-state index is 0.0114. The van der Waals surface area contributed by atoms with Crippen molar-refractivity contribution in [1.29, 1.82) is 0 Å². The topological polar surface area (TPSA) is 77.8 Å². The second-order valence-electron chi connectivity index (χ2n) is 14.5. The maximum absolute atomic E-state index is 13.1. The first-order valence-electron chi connectivity index (χ1n) is 14.5. The second kappa shape index (κ2) is 8.20. The molecule has 8 atom stereocenters. The van der Waals surface area contributed by atoms with Crippen LogP contribution in [0.2, 0.25) is 0 Å². The molecular weight excluding hydrogens is 438 g/mol. The van der Waals surface area contributed by atoms with Crippen LogP contribution in [0.25, 0.3) is 0 Å². The van der Waals surface area contributed by atoms with Gasteiger partial charge in [0.15, 0.2) is 0 Å². The summed E-state index contributed by atoms with van der Waals surface area (Å²) in [5, 5.41) is 19.5.